The maximum Gasteiger partial charge on any atom is 0.257 e. The number of hydrogen-bond donors (Lipinski definition) is 1. The summed E-state index contributed by atoms with van der Waals surface area (Å²) >= 11 is 0. The van der Waals surface area contributed by atoms with E-state index in [0.717, 1.165) is 5.56 Å². The molecule has 1 nitrogen and oxygen atoms in total. The van der Waals surface area contributed by atoms with E-state index in [0.29, 0.717) is 11.5 Å². The first-order valence-corrected chi connectivity index (χ1v) is 4.66. The van der Waals surface area contributed by atoms with Gasteiger partial charge in [-0.15, -0.1) is 0 Å². The molecule has 0 aliphatic heterocycles. The van der Waals surface area contributed by atoms with E-state index in [2.05, 4.69) is 13.8 Å². The summed E-state index contributed by atoms with van der Waals surface area (Å²) in [5.74, 6) is 0.409. The lowest BCUT2D eigenvalue weighted by Crippen LogP contribution is -2.18. The number of halogens is 2. The van der Waals surface area contributed by atoms with Gasteiger partial charge in [0.05, 0.1) is 6.04 Å². The molecule has 1 aromatic rings. The molecule has 0 saturated carbocycles. The monoisotopic (exact) mass is 199 g/mol. The lowest BCUT2D eigenvalue weighted by Gasteiger charge is -2.12. The molecule has 0 spiro atoms. The molecular weight excluding hydrogens is 184 g/mol. The first kappa shape index (κ1) is 11.1. The molecule has 1 aromatic carbocycles. The van der Waals surface area contributed by atoms with Crippen LogP contribution in [0.2, 0.25) is 0 Å². The summed E-state index contributed by atoms with van der Waals surface area (Å²) in [6.07, 6.45) is -2.50. The molecule has 0 saturated heterocycles. The molecule has 0 unspecified atom stereocenters. The summed E-state index contributed by atoms with van der Waals surface area (Å²) in [4.78, 5) is 0. The maximum absolute atomic E-state index is 12.2. The Morgan fingerprint density at radius 2 is 1.43 bits per heavy atom. The van der Waals surface area contributed by atoms with Crippen LogP contribution in [0.4, 0.5) is 8.78 Å². The molecule has 0 aliphatic carbocycles. The van der Waals surface area contributed by atoms with E-state index in [1.54, 1.807) is 12.1 Å². The van der Waals surface area contributed by atoms with Gasteiger partial charge in [0.15, 0.2) is 0 Å². The van der Waals surface area contributed by atoms with Crippen molar-refractivity contribution in [3.63, 3.8) is 0 Å². The molecule has 1 rings (SSSR count). The SMILES string of the molecule is CC(C)c1ccc([C@H](N)C(F)F)cc1. The molecule has 78 valence electrons. The highest BCUT2D eigenvalue weighted by molar-refractivity contribution is 5.26. The molecule has 0 aliphatic rings. The average Bonchev–Trinajstić information content (AvgIpc) is 2.16. The van der Waals surface area contributed by atoms with Crippen LogP contribution in [0.25, 0.3) is 0 Å². The molecule has 0 radical (unpaired) electrons. The molecule has 0 amide bonds. The molecular formula is C11H15F2N. The van der Waals surface area contributed by atoms with Gasteiger partial charge >= 0.3 is 0 Å². The number of alkyl halides is 2. The maximum atomic E-state index is 12.2. The van der Waals surface area contributed by atoms with Crippen molar-refractivity contribution >= 4 is 0 Å². The van der Waals surface area contributed by atoms with Gasteiger partial charge in [0.25, 0.3) is 6.43 Å². The van der Waals surface area contributed by atoms with Crippen LogP contribution in [0.3, 0.4) is 0 Å². The minimum absolute atomic E-state index is 0.409. The van der Waals surface area contributed by atoms with Crippen LogP contribution in [0, 0.1) is 0 Å². The van der Waals surface area contributed by atoms with Crippen molar-refractivity contribution in [1.29, 1.82) is 0 Å². The third-order valence-corrected chi connectivity index (χ3v) is 2.26. The molecule has 1 atom stereocenters. The molecule has 14 heavy (non-hydrogen) atoms. The van der Waals surface area contributed by atoms with Crippen LogP contribution in [0.1, 0.15) is 36.9 Å². The zero-order chi connectivity index (χ0) is 10.7. The predicted molar refractivity (Wildman–Crippen MR) is 53.5 cm³/mol. The lowest BCUT2D eigenvalue weighted by molar-refractivity contribution is 0.116. The molecule has 0 heterocycles. The minimum atomic E-state index is -2.50. The van der Waals surface area contributed by atoms with Gasteiger partial charge in [-0.3, -0.25) is 0 Å². The third kappa shape index (κ3) is 2.51. The van der Waals surface area contributed by atoms with E-state index in [1.807, 2.05) is 12.1 Å². The number of nitrogens with two attached hydrogens (primary N) is 1. The average molecular weight is 199 g/mol. The van der Waals surface area contributed by atoms with Gasteiger partial charge in [-0.2, -0.15) is 0 Å². The van der Waals surface area contributed by atoms with Crippen molar-refractivity contribution in [3.8, 4) is 0 Å². The number of rotatable bonds is 3. The van der Waals surface area contributed by atoms with Crippen LogP contribution in [-0.2, 0) is 0 Å². The Bertz CT molecular complexity index is 280. The number of benzene rings is 1. The van der Waals surface area contributed by atoms with Gasteiger partial charge < -0.3 is 5.73 Å². The largest absolute Gasteiger partial charge is 0.319 e. The fourth-order valence-electron chi connectivity index (χ4n) is 1.25. The zero-order valence-electron chi connectivity index (χ0n) is 8.37. The summed E-state index contributed by atoms with van der Waals surface area (Å²) in [5, 5.41) is 0. The van der Waals surface area contributed by atoms with Gasteiger partial charge in [-0.25, -0.2) is 8.78 Å². The highest BCUT2D eigenvalue weighted by Gasteiger charge is 2.16. The molecule has 2 N–H and O–H groups in total. The van der Waals surface area contributed by atoms with Crippen molar-refractivity contribution in [3.05, 3.63) is 35.4 Å². The zero-order valence-corrected chi connectivity index (χ0v) is 8.37. The van der Waals surface area contributed by atoms with Crippen LogP contribution in [-0.4, -0.2) is 6.43 Å². The Morgan fingerprint density at radius 3 is 1.79 bits per heavy atom. The van der Waals surface area contributed by atoms with E-state index in [4.69, 9.17) is 5.73 Å². The smallest absolute Gasteiger partial charge is 0.257 e. The van der Waals surface area contributed by atoms with Gasteiger partial charge in [0, 0.05) is 0 Å². The normalized spacial score (nSPS) is 13.6. The molecule has 0 bridgehead atoms. The standard InChI is InChI=1S/C11H15F2N/c1-7(2)8-3-5-9(6-4-8)10(14)11(12)13/h3-7,10-11H,14H2,1-2H3/t10-/m0/s1. The van der Waals surface area contributed by atoms with E-state index in [1.165, 1.54) is 0 Å². The Balaban J connectivity index is 2.83. The Labute approximate surface area is 82.9 Å². The second kappa shape index (κ2) is 4.51. The van der Waals surface area contributed by atoms with Crippen LogP contribution >= 0.6 is 0 Å². The molecule has 0 aromatic heterocycles. The van der Waals surface area contributed by atoms with Crippen molar-refractivity contribution < 1.29 is 8.78 Å². The second-order valence-electron chi connectivity index (χ2n) is 3.68. The van der Waals surface area contributed by atoms with E-state index >= 15 is 0 Å². The third-order valence-electron chi connectivity index (χ3n) is 2.26. The quantitative estimate of drug-likeness (QED) is 0.795. The Hall–Kier alpha value is -0.960. The predicted octanol–water partition coefficient (Wildman–Crippen LogP) is 3.07. The topological polar surface area (TPSA) is 26.0 Å². The van der Waals surface area contributed by atoms with Gasteiger partial charge in [-0.1, -0.05) is 38.1 Å². The summed E-state index contributed by atoms with van der Waals surface area (Å²) < 4.78 is 24.5. The fourth-order valence-corrected chi connectivity index (χ4v) is 1.25. The first-order chi connectivity index (χ1) is 6.52. The Kier molecular flexibility index (Phi) is 3.58. The van der Waals surface area contributed by atoms with E-state index < -0.39 is 12.5 Å². The summed E-state index contributed by atoms with van der Waals surface area (Å²) in [6.45, 7) is 4.12. The highest BCUT2D eigenvalue weighted by Crippen LogP contribution is 2.21. The first-order valence-electron chi connectivity index (χ1n) is 4.66. The highest BCUT2D eigenvalue weighted by atomic mass is 19.3. The fraction of sp³-hybridized carbons (Fsp3) is 0.455. The van der Waals surface area contributed by atoms with Crippen LogP contribution < -0.4 is 5.73 Å². The lowest BCUT2D eigenvalue weighted by atomic mass is 9.99. The Morgan fingerprint density at radius 1 is 1.00 bits per heavy atom. The van der Waals surface area contributed by atoms with Crippen molar-refractivity contribution in [1.82, 2.24) is 0 Å². The van der Waals surface area contributed by atoms with Crippen LogP contribution in [0.5, 0.6) is 0 Å². The van der Waals surface area contributed by atoms with Crippen LogP contribution in [0.15, 0.2) is 24.3 Å². The van der Waals surface area contributed by atoms with Crippen molar-refractivity contribution in [2.24, 2.45) is 5.73 Å². The van der Waals surface area contributed by atoms with Crippen molar-refractivity contribution in [2.75, 3.05) is 0 Å². The second-order valence-corrected chi connectivity index (χ2v) is 3.68. The molecule has 0 fully saturated rings. The molecule has 3 heteroatoms. The van der Waals surface area contributed by atoms with Gasteiger partial charge in [-0.05, 0) is 17.0 Å². The van der Waals surface area contributed by atoms with Crippen molar-refractivity contribution in [2.45, 2.75) is 32.2 Å². The minimum Gasteiger partial charge on any atom is -0.319 e. The summed E-state index contributed by atoms with van der Waals surface area (Å²) in [5.41, 5.74) is 6.94. The number of hydrogen-bond acceptors (Lipinski definition) is 1. The van der Waals surface area contributed by atoms with E-state index in [-0.39, 0.29) is 0 Å². The van der Waals surface area contributed by atoms with E-state index in [9.17, 15) is 8.78 Å². The van der Waals surface area contributed by atoms with Gasteiger partial charge in [0.2, 0.25) is 0 Å². The van der Waals surface area contributed by atoms with Gasteiger partial charge in [0.1, 0.15) is 0 Å². The summed E-state index contributed by atoms with van der Waals surface area (Å²) in [6, 6.07) is 5.87. The summed E-state index contributed by atoms with van der Waals surface area (Å²) in [7, 11) is 0.